The molecule has 0 heterocycles. The number of rotatable bonds is 4. The summed E-state index contributed by atoms with van der Waals surface area (Å²) < 4.78 is 23.4. The molecule has 6 heteroatoms. The van der Waals surface area contributed by atoms with Crippen LogP contribution in [0.4, 0.5) is 0 Å². The molecule has 1 rings (SSSR count). The van der Waals surface area contributed by atoms with Gasteiger partial charge < -0.3 is 5.21 Å². The van der Waals surface area contributed by atoms with Gasteiger partial charge >= 0.3 is 0 Å². The average molecular weight is 276 g/mol. The van der Waals surface area contributed by atoms with Gasteiger partial charge in [0, 0.05) is 16.3 Å². The van der Waals surface area contributed by atoms with Gasteiger partial charge in [0.05, 0.1) is 0 Å². The number of nitrogens with zero attached hydrogens (tertiary/aromatic N) is 1. The molecular formula is C11H14ClNO3S. The summed E-state index contributed by atoms with van der Waals surface area (Å²) in [7, 11) is -3.29. The van der Waals surface area contributed by atoms with Crippen molar-refractivity contribution in [1.29, 1.82) is 0 Å². The third kappa shape index (κ3) is 3.20. The number of oxime groups is 1. The second-order valence-corrected chi connectivity index (χ2v) is 6.63. The first-order valence-corrected chi connectivity index (χ1v) is 7.21. The highest BCUT2D eigenvalue weighted by molar-refractivity contribution is 7.92. The van der Waals surface area contributed by atoms with Crippen molar-refractivity contribution >= 4 is 27.1 Å². The van der Waals surface area contributed by atoms with Gasteiger partial charge in [-0.05, 0) is 19.1 Å². The van der Waals surface area contributed by atoms with Crippen LogP contribution in [-0.4, -0.2) is 30.3 Å². The van der Waals surface area contributed by atoms with Crippen LogP contribution in [0.1, 0.15) is 19.4 Å². The van der Waals surface area contributed by atoms with Crippen molar-refractivity contribution in [3.63, 3.8) is 0 Å². The Hall–Kier alpha value is -1.07. The van der Waals surface area contributed by atoms with Crippen LogP contribution in [0.15, 0.2) is 29.4 Å². The Morgan fingerprint density at radius 3 is 2.35 bits per heavy atom. The smallest absolute Gasteiger partial charge is 0.158 e. The maximum Gasteiger partial charge on any atom is 0.158 e. The zero-order chi connectivity index (χ0) is 13.1. The van der Waals surface area contributed by atoms with Crippen LogP contribution >= 0.6 is 11.6 Å². The van der Waals surface area contributed by atoms with Crippen LogP contribution in [0.3, 0.4) is 0 Å². The highest BCUT2D eigenvalue weighted by Crippen LogP contribution is 2.15. The Balaban J connectivity index is 3.14. The number of hydrogen-bond acceptors (Lipinski definition) is 4. The van der Waals surface area contributed by atoms with Crippen molar-refractivity contribution in [2.75, 3.05) is 5.75 Å². The van der Waals surface area contributed by atoms with E-state index in [1.165, 1.54) is 6.92 Å². The van der Waals surface area contributed by atoms with E-state index < -0.39 is 15.1 Å². The molecule has 0 aromatic heterocycles. The zero-order valence-electron chi connectivity index (χ0n) is 9.59. The summed E-state index contributed by atoms with van der Waals surface area (Å²) in [5.74, 6) is 0.000770. The molecule has 0 radical (unpaired) electrons. The van der Waals surface area contributed by atoms with Gasteiger partial charge in [-0.15, -0.1) is 0 Å². The summed E-state index contributed by atoms with van der Waals surface area (Å²) in [4.78, 5) is 0. The fourth-order valence-electron chi connectivity index (χ4n) is 1.41. The van der Waals surface area contributed by atoms with Gasteiger partial charge in [-0.25, -0.2) is 8.42 Å². The largest absolute Gasteiger partial charge is 0.411 e. The van der Waals surface area contributed by atoms with Crippen LogP contribution < -0.4 is 0 Å². The lowest BCUT2D eigenvalue weighted by Gasteiger charge is -2.13. The van der Waals surface area contributed by atoms with Gasteiger partial charge in [-0.3, -0.25) is 0 Å². The molecule has 0 bridgehead atoms. The van der Waals surface area contributed by atoms with E-state index in [0.29, 0.717) is 10.6 Å². The third-order valence-electron chi connectivity index (χ3n) is 2.57. The van der Waals surface area contributed by atoms with Crippen molar-refractivity contribution in [3.05, 3.63) is 34.9 Å². The van der Waals surface area contributed by atoms with Gasteiger partial charge in [0.2, 0.25) is 0 Å². The van der Waals surface area contributed by atoms with E-state index in [4.69, 9.17) is 16.8 Å². The van der Waals surface area contributed by atoms with Crippen LogP contribution in [0, 0.1) is 0 Å². The van der Waals surface area contributed by atoms with Crippen molar-refractivity contribution in [3.8, 4) is 0 Å². The molecule has 0 aliphatic rings. The van der Waals surface area contributed by atoms with E-state index in [0.717, 1.165) is 0 Å². The molecule has 1 aromatic rings. The summed E-state index contributed by atoms with van der Waals surface area (Å²) in [6.07, 6.45) is 0. The van der Waals surface area contributed by atoms with Gasteiger partial charge in [-0.1, -0.05) is 35.8 Å². The molecule has 17 heavy (non-hydrogen) atoms. The van der Waals surface area contributed by atoms with Crippen LogP contribution in [-0.2, 0) is 9.84 Å². The summed E-state index contributed by atoms with van der Waals surface area (Å²) >= 11 is 5.74. The lowest BCUT2D eigenvalue weighted by Crippen LogP contribution is -2.29. The maximum absolute atomic E-state index is 11.7. The molecule has 1 aromatic carbocycles. The van der Waals surface area contributed by atoms with E-state index in [9.17, 15) is 8.42 Å². The number of sulfone groups is 1. The van der Waals surface area contributed by atoms with Gasteiger partial charge in [0.15, 0.2) is 9.84 Å². The van der Waals surface area contributed by atoms with E-state index in [2.05, 4.69) is 5.16 Å². The minimum Gasteiger partial charge on any atom is -0.411 e. The van der Waals surface area contributed by atoms with Gasteiger partial charge in [0.25, 0.3) is 0 Å². The molecule has 0 amide bonds. The predicted molar refractivity (Wildman–Crippen MR) is 68.7 cm³/mol. The summed E-state index contributed by atoms with van der Waals surface area (Å²) in [6.45, 7) is 3.06. The van der Waals surface area contributed by atoms with Gasteiger partial charge in [0.1, 0.15) is 11.0 Å². The lowest BCUT2D eigenvalue weighted by atomic mass is 10.1. The monoisotopic (exact) mass is 275 g/mol. The quantitative estimate of drug-likeness (QED) is 0.521. The number of benzene rings is 1. The first-order valence-electron chi connectivity index (χ1n) is 5.11. The molecule has 4 nitrogen and oxygen atoms in total. The van der Waals surface area contributed by atoms with Gasteiger partial charge in [-0.2, -0.15) is 0 Å². The molecule has 1 atom stereocenters. The zero-order valence-corrected chi connectivity index (χ0v) is 11.2. The molecule has 1 N–H and O–H groups in total. The van der Waals surface area contributed by atoms with Crippen LogP contribution in [0.25, 0.3) is 0 Å². The number of halogens is 1. The highest BCUT2D eigenvalue weighted by atomic mass is 35.5. The van der Waals surface area contributed by atoms with Crippen molar-refractivity contribution < 1.29 is 13.6 Å². The first-order chi connectivity index (χ1) is 7.92. The Morgan fingerprint density at radius 2 is 1.94 bits per heavy atom. The second-order valence-electron chi connectivity index (χ2n) is 3.59. The molecule has 0 aliphatic heterocycles. The van der Waals surface area contributed by atoms with E-state index in [1.807, 2.05) is 0 Å². The molecule has 94 valence electrons. The number of hydrogen-bond donors (Lipinski definition) is 1. The normalized spacial score (nSPS) is 14.6. The first kappa shape index (κ1) is 14.0. The average Bonchev–Trinajstić information content (AvgIpc) is 2.32. The van der Waals surface area contributed by atoms with E-state index in [-0.39, 0.29) is 11.5 Å². The topological polar surface area (TPSA) is 66.7 Å². The summed E-state index contributed by atoms with van der Waals surface area (Å²) in [6, 6.07) is 6.48. The summed E-state index contributed by atoms with van der Waals surface area (Å²) in [5, 5.41) is 11.8. The molecule has 0 saturated heterocycles. The molecule has 0 spiro atoms. The van der Waals surface area contributed by atoms with E-state index in [1.54, 1.807) is 31.2 Å². The Labute approximate surface area is 106 Å². The SMILES string of the molecule is CCS(=O)(=O)C(C)C(=NO)c1ccc(Cl)cc1. The lowest BCUT2D eigenvalue weighted by molar-refractivity contribution is 0.318. The molecule has 0 fully saturated rings. The minimum absolute atomic E-state index is 0.000770. The standard InChI is InChI=1S/C11H14ClNO3S/c1-3-17(15,16)8(2)11(13-14)9-4-6-10(12)7-5-9/h4-8,14H,3H2,1-2H3. The third-order valence-corrected chi connectivity index (χ3v) is 4.93. The second kappa shape index (κ2) is 5.51. The maximum atomic E-state index is 11.7. The van der Waals surface area contributed by atoms with Crippen molar-refractivity contribution in [1.82, 2.24) is 0 Å². The molecular weight excluding hydrogens is 262 g/mol. The summed E-state index contributed by atoms with van der Waals surface area (Å²) in [5.41, 5.74) is 0.671. The fraction of sp³-hybridized carbons (Fsp3) is 0.364. The highest BCUT2D eigenvalue weighted by Gasteiger charge is 2.25. The predicted octanol–water partition coefficient (Wildman–Crippen LogP) is 2.34. The van der Waals surface area contributed by atoms with Crippen LogP contribution in [0.2, 0.25) is 5.02 Å². The van der Waals surface area contributed by atoms with E-state index >= 15 is 0 Å². The van der Waals surface area contributed by atoms with Crippen molar-refractivity contribution in [2.24, 2.45) is 5.16 Å². The molecule has 0 saturated carbocycles. The Bertz CT molecular complexity index is 508. The molecule has 1 unspecified atom stereocenters. The van der Waals surface area contributed by atoms with Crippen molar-refractivity contribution in [2.45, 2.75) is 19.1 Å². The fourth-order valence-corrected chi connectivity index (χ4v) is 2.56. The Kier molecular flexibility index (Phi) is 4.54. The Morgan fingerprint density at radius 1 is 1.41 bits per heavy atom. The molecule has 0 aliphatic carbocycles. The minimum atomic E-state index is -3.29. The van der Waals surface area contributed by atoms with Crippen LogP contribution in [0.5, 0.6) is 0 Å².